The first-order valence-corrected chi connectivity index (χ1v) is 7.39. The first-order chi connectivity index (χ1) is 9.06. The van der Waals surface area contributed by atoms with Gasteiger partial charge in [0.25, 0.3) is 5.85 Å². The van der Waals surface area contributed by atoms with E-state index in [0.717, 1.165) is 6.54 Å². The van der Waals surface area contributed by atoms with Crippen molar-refractivity contribution in [2.45, 2.75) is 19.7 Å². The van der Waals surface area contributed by atoms with E-state index in [1.54, 1.807) is 0 Å². The maximum absolute atomic E-state index is 9.60. The van der Waals surface area contributed by atoms with Crippen LogP contribution in [-0.2, 0) is 4.57 Å². The van der Waals surface area contributed by atoms with Crippen LogP contribution in [0.2, 0.25) is 0 Å². The first kappa shape index (κ1) is 15.6. The van der Waals surface area contributed by atoms with Gasteiger partial charge in [0, 0.05) is 24.5 Å². The fraction of sp³-hybridized carbons (Fsp3) is 0.286. The summed E-state index contributed by atoms with van der Waals surface area (Å²) in [5.41, 5.74) is 1.22. The Morgan fingerprint density at radius 3 is 2.37 bits per heavy atom. The van der Waals surface area contributed by atoms with E-state index in [-0.39, 0.29) is 0 Å². The van der Waals surface area contributed by atoms with Crippen LogP contribution in [0.25, 0.3) is 10.8 Å². The van der Waals surface area contributed by atoms with E-state index in [4.69, 9.17) is 10.00 Å². The van der Waals surface area contributed by atoms with Gasteiger partial charge in [0.15, 0.2) is 0 Å². The first-order valence-electron chi connectivity index (χ1n) is 6.11. The molecule has 0 radical (unpaired) electrons. The summed E-state index contributed by atoms with van der Waals surface area (Å²) in [7, 11) is -2.35. The van der Waals surface area contributed by atoms with E-state index >= 15 is 0 Å². The summed E-state index contributed by atoms with van der Waals surface area (Å²) in [6.45, 7) is 4.34. The van der Waals surface area contributed by atoms with Crippen molar-refractivity contribution >= 4 is 24.5 Å². The van der Waals surface area contributed by atoms with Crippen LogP contribution in [0.15, 0.2) is 42.5 Å². The Morgan fingerprint density at radius 2 is 1.79 bits per heavy atom. The molecule has 19 heavy (non-hydrogen) atoms. The largest absolute Gasteiger partial charge is 0.537 e. The Balaban J connectivity index is 0.000000258. The molecule has 0 heterocycles. The Hall–Kier alpha value is -1.48. The van der Waals surface area contributed by atoms with Crippen molar-refractivity contribution in [2.24, 2.45) is 0 Å². The third-order valence-corrected chi connectivity index (χ3v) is 3.12. The van der Waals surface area contributed by atoms with Crippen molar-refractivity contribution in [2.75, 3.05) is 11.9 Å². The van der Waals surface area contributed by atoms with Gasteiger partial charge < -0.3 is 10.4 Å². The minimum absolute atomic E-state index is 0.966. The fourth-order valence-corrected chi connectivity index (χ4v) is 1.57. The molecule has 0 bridgehead atoms. The van der Waals surface area contributed by atoms with Crippen LogP contribution in [0.4, 0.5) is 5.69 Å². The molecular formula is C14H19NO3P+. The summed E-state index contributed by atoms with van der Waals surface area (Å²) >= 11 is 0. The molecule has 0 saturated carbocycles. The highest BCUT2D eigenvalue weighted by molar-refractivity contribution is 7.38. The molecule has 2 unspecified atom stereocenters. The highest BCUT2D eigenvalue weighted by Crippen LogP contribution is 2.22. The molecule has 0 amide bonds. The normalized spacial score (nSPS) is 12.3. The summed E-state index contributed by atoms with van der Waals surface area (Å²) in [4.78, 5) is 7.89. The quantitative estimate of drug-likeness (QED) is 0.754. The molecule has 0 spiro atoms. The topological polar surface area (TPSA) is 69.6 Å². The van der Waals surface area contributed by atoms with Crippen LogP contribution in [0.1, 0.15) is 13.8 Å². The lowest BCUT2D eigenvalue weighted by atomic mass is 10.1. The third-order valence-electron chi connectivity index (χ3n) is 2.48. The number of rotatable bonds is 3. The van der Waals surface area contributed by atoms with Crippen LogP contribution < -0.4 is 5.32 Å². The van der Waals surface area contributed by atoms with E-state index in [1.807, 2.05) is 0 Å². The zero-order valence-electron chi connectivity index (χ0n) is 11.1. The van der Waals surface area contributed by atoms with Gasteiger partial charge >= 0.3 is 8.03 Å². The molecule has 102 valence electrons. The monoisotopic (exact) mass is 280 g/mol. The van der Waals surface area contributed by atoms with Gasteiger partial charge in [-0.3, -0.25) is 0 Å². The second-order valence-electron chi connectivity index (χ2n) is 3.99. The van der Waals surface area contributed by atoms with Gasteiger partial charge in [0.1, 0.15) is 0 Å². The molecule has 4 nitrogen and oxygen atoms in total. The van der Waals surface area contributed by atoms with Crippen molar-refractivity contribution in [3.8, 4) is 0 Å². The van der Waals surface area contributed by atoms with Crippen molar-refractivity contribution in [3.05, 3.63) is 42.5 Å². The molecule has 2 aromatic carbocycles. The Labute approximate surface area is 114 Å². The van der Waals surface area contributed by atoms with Gasteiger partial charge in [-0.1, -0.05) is 36.4 Å². The predicted octanol–water partition coefficient (Wildman–Crippen LogP) is 3.33. The number of aliphatic hydroxyl groups excluding tert-OH is 1. The van der Waals surface area contributed by atoms with Crippen LogP contribution in [0, 0.1) is 0 Å². The summed E-state index contributed by atoms with van der Waals surface area (Å²) < 4.78 is 9.60. The zero-order valence-corrected chi connectivity index (χ0v) is 12.0. The van der Waals surface area contributed by atoms with Crippen LogP contribution >= 0.6 is 8.03 Å². The number of fused-ring (bicyclic) bond motifs is 1. The number of hydrogen-bond donors (Lipinski definition) is 3. The molecule has 3 N–H and O–H groups in total. The van der Waals surface area contributed by atoms with Crippen molar-refractivity contribution in [3.63, 3.8) is 0 Å². The van der Waals surface area contributed by atoms with E-state index in [9.17, 15) is 4.57 Å². The molecule has 0 aromatic heterocycles. The Morgan fingerprint density at radius 1 is 1.21 bits per heavy atom. The lowest BCUT2D eigenvalue weighted by Crippen LogP contribution is -1.96. The smallest absolute Gasteiger partial charge is 0.385 e. The summed E-state index contributed by atoms with van der Waals surface area (Å²) in [5.74, 6) is -1.08. The maximum atomic E-state index is 9.60. The molecule has 2 rings (SSSR count). The number of aliphatic hydroxyl groups is 1. The molecule has 0 saturated heterocycles. The van der Waals surface area contributed by atoms with Gasteiger partial charge in [-0.2, -0.15) is 4.89 Å². The zero-order chi connectivity index (χ0) is 14.3. The second-order valence-corrected chi connectivity index (χ2v) is 5.34. The molecule has 5 heteroatoms. The maximum Gasteiger partial charge on any atom is 0.537 e. The fourth-order valence-electron chi connectivity index (χ4n) is 1.57. The molecule has 2 aromatic rings. The molecule has 0 fully saturated rings. The Bertz CT molecular complexity index is 538. The lowest BCUT2D eigenvalue weighted by Gasteiger charge is -2.06. The van der Waals surface area contributed by atoms with Gasteiger partial charge in [0.05, 0.1) is 0 Å². The molecule has 2 atom stereocenters. The number of anilines is 1. The van der Waals surface area contributed by atoms with E-state index in [1.165, 1.54) is 23.4 Å². The van der Waals surface area contributed by atoms with E-state index in [2.05, 4.69) is 54.7 Å². The van der Waals surface area contributed by atoms with Crippen molar-refractivity contribution < 1.29 is 14.6 Å². The molecule has 0 aliphatic rings. The van der Waals surface area contributed by atoms with Crippen molar-refractivity contribution in [1.82, 2.24) is 0 Å². The van der Waals surface area contributed by atoms with Crippen LogP contribution in [0.3, 0.4) is 0 Å². The average molecular weight is 280 g/mol. The highest BCUT2D eigenvalue weighted by atomic mass is 31.1. The highest BCUT2D eigenvalue weighted by Gasteiger charge is 2.17. The number of hydrogen-bond acceptors (Lipinski definition) is 3. The summed E-state index contributed by atoms with van der Waals surface area (Å²) in [5, 5.41) is 14.0. The number of nitrogens with one attached hydrogen (secondary N) is 1. The third kappa shape index (κ3) is 4.95. The second kappa shape index (κ2) is 7.85. The van der Waals surface area contributed by atoms with E-state index in [0.29, 0.717) is 0 Å². The predicted molar refractivity (Wildman–Crippen MR) is 79.6 cm³/mol. The van der Waals surface area contributed by atoms with Crippen LogP contribution in [0.5, 0.6) is 0 Å². The minimum atomic E-state index is -2.35. The standard InChI is InChI=1S/C12H13N.C2H5O3P/c1-2-13-12-9-5-7-10-6-3-4-8-11(10)12;1-2(3)6(4)5/h3-9,13H,2H2,1H3;2-3H,1H3/p+1. The Kier molecular flexibility index (Phi) is 6.43. The molecule has 0 aliphatic heterocycles. The summed E-state index contributed by atoms with van der Waals surface area (Å²) in [6.07, 6.45) is 0. The van der Waals surface area contributed by atoms with E-state index < -0.39 is 13.9 Å². The van der Waals surface area contributed by atoms with Gasteiger partial charge in [-0.05, 0) is 22.9 Å². The minimum Gasteiger partial charge on any atom is -0.385 e. The average Bonchev–Trinajstić information content (AvgIpc) is 2.40. The van der Waals surface area contributed by atoms with Crippen LogP contribution in [-0.4, -0.2) is 22.4 Å². The van der Waals surface area contributed by atoms with Gasteiger partial charge in [0.2, 0.25) is 0 Å². The SMILES string of the molecule is CC(O)[P+](=O)O.CCNc1cccc2ccccc12. The summed E-state index contributed by atoms with van der Waals surface area (Å²) in [6, 6.07) is 14.8. The van der Waals surface area contributed by atoms with Gasteiger partial charge in [-0.25, -0.2) is 0 Å². The molecule has 0 aliphatic carbocycles. The lowest BCUT2D eigenvalue weighted by molar-refractivity contribution is 0.257. The molecular weight excluding hydrogens is 261 g/mol. The number of benzene rings is 2. The van der Waals surface area contributed by atoms with Crippen molar-refractivity contribution in [1.29, 1.82) is 0 Å². The van der Waals surface area contributed by atoms with Gasteiger partial charge in [-0.15, -0.1) is 0 Å².